The van der Waals surface area contributed by atoms with E-state index in [4.69, 9.17) is 4.74 Å². The van der Waals surface area contributed by atoms with Gasteiger partial charge in [0.2, 0.25) is 0 Å². The fourth-order valence-electron chi connectivity index (χ4n) is 1.88. The predicted molar refractivity (Wildman–Crippen MR) is 84.2 cm³/mol. The summed E-state index contributed by atoms with van der Waals surface area (Å²) in [4.78, 5) is 0. The zero-order valence-corrected chi connectivity index (χ0v) is 13.0. The van der Waals surface area contributed by atoms with E-state index in [2.05, 4.69) is 26.1 Å². The lowest BCUT2D eigenvalue weighted by Crippen LogP contribution is -2.35. The molecule has 0 bridgehead atoms. The normalized spacial score (nSPS) is 11.5. The molecule has 2 nitrogen and oxygen atoms in total. The van der Waals surface area contributed by atoms with Crippen LogP contribution >= 0.6 is 0 Å². The highest BCUT2D eigenvalue weighted by Crippen LogP contribution is 2.26. The summed E-state index contributed by atoms with van der Waals surface area (Å²) in [7, 11) is 0. The molecule has 0 aromatic heterocycles. The van der Waals surface area contributed by atoms with Gasteiger partial charge < -0.3 is 10.1 Å². The molecule has 2 rings (SSSR count). The van der Waals surface area contributed by atoms with Crippen LogP contribution in [0.15, 0.2) is 42.5 Å². The van der Waals surface area contributed by atoms with E-state index in [1.807, 2.05) is 31.2 Å². The minimum absolute atomic E-state index is 0.0343. The SMILES string of the molecule is Cc1ccc(Oc2ccc(F)cc2CNC(C)(C)C)cc1. The highest BCUT2D eigenvalue weighted by Gasteiger charge is 2.12. The van der Waals surface area contributed by atoms with Crippen molar-refractivity contribution in [3.05, 3.63) is 59.4 Å². The summed E-state index contributed by atoms with van der Waals surface area (Å²) < 4.78 is 19.4. The third-order valence-corrected chi connectivity index (χ3v) is 3.08. The molecule has 0 amide bonds. The van der Waals surface area contributed by atoms with Gasteiger partial charge in [0.05, 0.1) is 0 Å². The average Bonchev–Trinajstić information content (AvgIpc) is 2.40. The molecule has 1 N–H and O–H groups in total. The van der Waals surface area contributed by atoms with Crippen molar-refractivity contribution in [2.24, 2.45) is 0 Å². The number of ether oxygens (including phenoxy) is 1. The lowest BCUT2D eigenvalue weighted by atomic mass is 10.1. The second-order valence-electron chi connectivity index (χ2n) is 6.27. The number of aryl methyl sites for hydroxylation is 1. The molecule has 0 atom stereocenters. The third kappa shape index (κ3) is 4.87. The van der Waals surface area contributed by atoms with Gasteiger partial charge in [0, 0.05) is 17.6 Å². The molecular formula is C18H22FNO. The molecule has 0 aliphatic rings. The minimum atomic E-state index is -0.253. The largest absolute Gasteiger partial charge is 0.457 e. The Bertz CT molecular complexity index is 600. The lowest BCUT2D eigenvalue weighted by molar-refractivity contribution is 0.413. The molecule has 0 fully saturated rings. The first-order valence-corrected chi connectivity index (χ1v) is 7.11. The van der Waals surface area contributed by atoms with E-state index in [9.17, 15) is 4.39 Å². The molecule has 3 heteroatoms. The topological polar surface area (TPSA) is 21.3 Å². The van der Waals surface area contributed by atoms with Crippen LogP contribution in [0.3, 0.4) is 0 Å². The van der Waals surface area contributed by atoms with E-state index in [1.54, 1.807) is 6.07 Å². The van der Waals surface area contributed by atoms with Crippen LogP contribution in [0.5, 0.6) is 11.5 Å². The number of hydrogen-bond donors (Lipinski definition) is 1. The second kappa shape index (κ2) is 6.27. The van der Waals surface area contributed by atoms with Crippen LogP contribution in [0.25, 0.3) is 0 Å². The van der Waals surface area contributed by atoms with Crippen molar-refractivity contribution in [1.29, 1.82) is 0 Å². The Morgan fingerprint density at radius 3 is 2.33 bits per heavy atom. The van der Waals surface area contributed by atoms with Gasteiger partial charge in [-0.2, -0.15) is 0 Å². The van der Waals surface area contributed by atoms with Crippen LogP contribution in [0.4, 0.5) is 4.39 Å². The Hall–Kier alpha value is -1.87. The molecule has 0 saturated carbocycles. The number of hydrogen-bond acceptors (Lipinski definition) is 2. The van der Waals surface area contributed by atoms with Gasteiger partial charge >= 0.3 is 0 Å². The van der Waals surface area contributed by atoms with Crippen molar-refractivity contribution in [2.75, 3.05) is 0 Å². The van der Waals surface area contributed by atoms with E-state index >= 15 is 0 Å². The Balaban J connectivity index is 2.20. The summed E-state index contributed by atoms with van der Waals surface area (Å²) in [5, 5.41) is 3.35. The van der Waals surface area contributed by atoms with Crippen LogP contribution < -0.4 is 10.1 Å². The molecule has 2 aromatic carbocycles. The van der Waals surface area contributed by atoms with Crippen molar-refractivity contribution < 1.29 is 9.13 Å². The summed E-state index contributed by atoms with van der Waals surface area (Å²) >= 11 is 0. The second-order valence-corrected chi connectivity index (χ2v) is 6.27. The van der Waals surface area contributed by atoms with E-state index < -0.39 is 0 Å². The number of halogens is 1. The highest BCUT2D eigenvalue weighted by atomic mass is 19.1. The summed E-state index contributed by atoms with van der Waals surface area (Å²) in [6.45, 7) is 8.81. The van der Waals surface area contributed by atoms with E-state index in [0.29, 0.717) is 12.3 Å². The highest BCUT2D eigenvalue weighted by molar-refractivity contribution is 5.39. The average molecular weight is 287 g/mol. The molecule has 21 heavy (non-hydrogen) atoms. The molecule has 2 aromatic rings. The Labute approximate surface area is 126 Å². The van der Waals surface area contributed by atoms with Crippen molar-refractivity contribution in [3.8, 4) is 11.5 Å². The van der Waals surface area contributed by atoms with Crippen LogP contribution in [0.1, 0.15) is 31.9 Å². The quantitative estimate of drug-likeness (QED) is 0.871. The van der Waals surface area contributed by atoms with Crippen molar-refractivity contribution in [1.82, 2.24) is 5.32 Å². The number of rotatable bonds is 4. The van der Waals surface area contributed by atoms with E-state index in [-0.39, 0.29) is 11.4 Å². The predicted octanol–water partition coefficient (Wildman–Crippen LogP) is 4.81. The van der Waals surface area contributed by atoms with Gasteiger partial charge in [0.15, 0.2) is 0 Å². The Morgan fingerprint density at radius 2 is 1.71 bits per heavy atom. The number of nitrogens with one attached hydrogen (secondary N) is 1. The monoisotopic (exact) mass is 287 g/mol. The lowest BCUT2D eigenvalue weighted by Gasteiger charge is -2.21. The fraction of sp³-hybridized carbons (Fsp3) is 0.333. The molecule has 0 saturated heterocycles. The van der Waals surface area contributed by atoms with Crippen molar-refractivity contribution in [3.63, 3.8) is 0 Å². The zero-order valence-electron chi connectivity index (χ0n) is 13.0. The van der Waals surface area contributed by atoms with E-state index in [0.717, 1.165) is 11.3 Å². The maximum atomic E-state index is 13.5. The first-order chi connectivity index (χ1) is 9.83. The van der Waals surface area contributed by atoms with Gasteiger partial charge in [-0.1, -0.05) is 17.7 Å². The van der Waals surface area contributed by atoms with Crippen LogP contribution in [0, 0.1) is 12.7 Å². The first kappa shape index (κ1) is 15.5. The van der Waals surface area contributed by atoms with Gasteiger partial charge in [0.25, 0.3) is 0 Å². The first-order valence-electron chi connectivity index (χ1n) is 7.11. The smallest absolute Gasteiger partial charge is 0.132 e. The summed E-state index contributed by atoms with van der Waals surface area (Å²) in [5.74, 6) is 1.18. The third-order valence-electron chi connectivity index (χ3n) is 3.08. The summed E-state index contributed by atoms with van der Waals surface area (Å²) in [5.41, 5.74) is 1.95. The molecule has 0 radical (unpaired) electrons. The van der Waals surface area contributed by atoms with Crippen LogP contribution in [-0.4, -0.2) is 5.54 Å². The molecular weight excluding hydrogens is 265 g/mol. The standard InChI is InChI=1S/C18H22FNO/c1-13-5-8-16(9-6-13)21-17-10-7-15(19)11-14(17)12-20-18(2,3)4/h5-11,20H,12H2,1-4H3. The maximum absolute atomic E-state index is 13.5. The van der Waals surface area contributed by atoms with Crippen molar-refractivity contribution >= 4 is 0 Å². The molecule has 0 spiro atoms. The molecule has 0 aliphatic heterocycles. The van der Waals surface area contributed by atoms with Gasteiger partial charge in [-0.15, -0.1) is 0 Å². The van der Waals surface area contributed by atoms with E-state index in [1.165, 1.54) is 17.7 Å². The number of benzene rings is 2. The molecule has 0 unspecified atom stereocenters. The Kier molecular flexibility index (Phi) is 4.63. The van der Waals surface area contributed by atoms with Gasteiger partial charge in [0.1, 0.15) is 17.3 Å². The molecule has 0 aliphatic carbocycles. The Morgan fingerprint density at radius 1 is 1.05 bits per heavy atom. The molecule has 112 valence electrons. The minimum Gasteiger partial charge on any atom is -0.457 e. The van der Waals surface area contributed by atoms with Gasteiger partial charge in [-0.3, -0.25) is 0 Å². The van der Waals surface area contributed by atoms with Gasteiger partial charge in [-0.05, 0) is 58.0 Å². The van der Waals surface area contributed by atoms with Crippen LogP contribution in [0.2, 0.25) is 0 Å². The zero-order chi connectivity index (χ0) is 15.5. The fourth-order valence-corrected chi connectivity index (χ4v) is 1.88. The summed E-state index contributed by atoms with van der Waals surface area (Å²) in [6.07, 6.45) is 0. The van der Waals surface area contributed by atoms with Gasteiger partial charge in [-0.25, -0.2) is 4.39 Å². The van der Waals surface area contributed by atoms with Crippen LogP contribution in [-0.2, 0) is 6.54 Å². The maximum Gasteiger partial charge on any atom is 0.132 e. The molecule has 0 heterocycles. The summed E-state index contributed by atoms with van der Waals surface area (Å²) in [6, 6.07) is 12.4. The van der Waals surface area contributed by atoms with Crippen molar-refractivity contribution in [2.45, 2.75) is 39.8 Å².